The Morgan fingerprint density at radius 1 is 1.60 bits per heavy atom. The standard InChI is InChI=1S/C7H13NOS/c1-2-3-4-5-7-8-9-6-10-7/h2-6H2,1H3. The Kier molecular flexibility index (Phi) is 3.65. The summed E-state index contributed by atoms with van der Waals surface area (Å²) in [7, 11) is 0. The summed E-state index contributed by atoms with van der Waals surface area (Å²) in [6, 6.07) is 0. The molecule has 0 aromatic rings. The van der Waals surface area contributed by atoms with Crippen LogP contribution in [-0.2, 0) is 4.84 Å². The van der Waals surface area contributed by atoms with E-state index >= 15 is 0 Å². The third-order valence-corrected chi connectivity index (χ3v) is 2.27. The Labute approximate surface area is 66.0 Å². The molecule has 0 saturated carbocycles. The van der Waals surface area contributed by atoms with Gasteiger partial charge < -0.3 is 4.84 Å². The maximum absolute atomic E-state index is 4.84. The van der Waals surface area contributed by atoms with Crippen molar-refractivity contribution in [3.05, 3.63) is 0 Å². The summed E-state index contributed by atoms with van der Waals surface area (Å²) in [6.45, 7) is 2.21. The summed E-state index contributed by atoms with van der Waals surface area (Å²) in [4.78, 5) is 4.84. The number of hydrogen-bond donors (Lipinski definition) is 0. The molecule has 1 aliphatic heterocycles. The average Bonchev–Trinajstić information content (AvgIpc) is 2.41. The van der Waals surface area contributed by atoms with Gasteiger partial charge in [0.2, 0.25) is 0 Å². The van der Waals surface area contributed by atoms with E-state index in [0.29, 0.717) is 0 Å². The van der Waals surface area contributed by atoms with E-state index in [4.69, 9.17) is 4.84 Å². The lowest BCUT2D eigenvalue weighted by molar-refractivity contribution is 0.204. The van der Waals surface area contributed by atoms with Crippen molar-refractivity contribution < 1.29 is 4.84 Å². The summed E-state index contributed by atoms with van der Waals surface area (Å²) < 4.78 is 0. The molecular formula is C7H13NOS. The number of thioether (sulfide) groups is 1. The van der Waals surface area contributed by atoms with E-state index in [1.807, 2.05) is 0 Å². The number of hydrogen-bond acceptors (Lipinski definition) is 3. The normalized spacial score (nSPS) is 16.7. The highest BCUT2D eigenvalue weighted by Gasteiger charge is 2.06. The summed E-state index contributed by atoms with van der Waals surface area (Å²) in [6.07, 6.45) is 4.95. The molecule has 0 unspecified atom stereocenters. The Balaban J connectivity index is 2.01. The molecule has 0 aromatic carbocycles. The largest absolute Gasteiger partial charge is 0.384 e. The summed E-state index contributed by atoms with van der Waals surface area (Å²) >= 11 is 1.72. The first-order valence-electron chi connectivity index (χ1n) is 3.75. The maximum Gasteiger partial charge on any atom is 0.168 e. The molecule has 0 atom stereocenters. The number of oxime groups is 1. The second-order valence-corrected chi connectivity index (χ2v) is 3.33. The SMILES string of the molecule is CCCCCC1=NOCS1. The van der Waals surface area contributed by atoms with Gasteiger partial charge in [0.1, 0.15) is 5.04 Å². The van der Waals surface area contributed by atoms with Crippen molar-refractivity contribution in [1.82, 2.24) is 0 Å². The molecule has 0 N–H and O–H groups in total. The van der Waals surface area contributed by atoms with Crippen molar-refractivity contribution in [2.45, 2.75) is 32.6 Å². The Bertz CT molecular complexity index is 125. The maximum atomic E-state index is 4.84. The molecule has 0 radical (unpaired) electrons. The predicted molar refractivity (Wildman–Crippen MR) is 45.1 cm³/mol. The van der Waals surface area contributed by atoms with E-state index in [0.717, 1.165) is 12.4 Å². The van der Waals surface area contributed by atoms with Crippen molar-refractivity contribution in [2.75, 3.05) is 5.94 Å². The van der Waals surface area contributed by atoms with Gasteiger partial charge >= 0.3 is 0 Å². The third kappa shape index (κ3) is 2.60. The fourth-order valence-electron chi connectivity index (χ4n) is 0.863. The van der Waals surface area contributed by atoms with Gasteiger partial charge in [-0.05, 0) is 12.8 Å². The van der Waals surface area contributed by atoms with Crippen molar-refractivity contribution in [1.29, 1.82) is 0 Å². The van der Waals surface area contributed by atoms with Crippen LogP contribution in [0.1, 0.15) is 32.6 Å². The van der Waals surface area contributed by atoms with Gasteiger partial charge in [0.15, 0.2) is 5.94 Å². The molecule has 0 bridgehead atoms. The van der Waals surface area contributed by atoms with Crippen molar-refractivity contribution >= 4 is 16.8 Å². The molecule has 10 heavy (non-hydrogen) atoms. The molecule has 0 fully saturated rings. The predicted octanol–water partition coefficient (Wildman–Crippen LogP) is 2.60. The van der Waals surface area contributed by atoms with Gasteiger partial charge in [0.05, 0.1) is 0 Å². The first-order valence-corrected chi connectivity index (χ1v) is 4.73. The van der Waals surface area contributed by atoms with Crippen LogP contribution < -0.4 is 0 Å². The van der Waals surface area contributed by atoms with Crippen molar-refractivity contribution in [3.63, 3.8) is 0 Å². The smallest absolute Gasteiger partial charge is 0.168 e. The average molecular weight is 159 g/mol. The highest BCUT2D eigenvalue weighted by molar-refractivity contribution is 8.14. The lowest BCUT2D eigenvalue weighted by atomic mass is 10.2. The van der Waals surface area contributed by atoms with Crippen LogP contribution in [0.25, 0.3) is 0 Å². The van der Waals surface area contributed by atoms with Gasteiger partial charge in [-0.15, -0.1) is 0 Å². The number of rotatable bonds is 4. The van der Waals surface area contributed by atoms with Gasteiger partial charge in [-0.25, -0.2) is 0 Å². The quantitative estimate of drug-likeness (QED) is 0.588. The molecule has 0 saturated heterocycles. The van der Waals surface area contributed by atoms with Crippen LogP contribution in [-0.4, -0.2) is 11.0 Å². The minimum Gasteiger partial charge on any atom is -0.384 e. The van der Waals surface area contributed by atoms with E-state index in [2.05, 4.69) is 12.1 Å². The van der Waals surface area contributed by atoms with Gasteiger partial charge in [0, 0.05) is 0 Å². The zero-order chi connectivity index (χ0) is 7.23. The Hall–Kier alpha value is -0.180. The van der Waals surface area contributed by atoms with E-state index in [1.165, 1.54) is 24.3 Å². The van der Waals surface area contributed by atoms with E-state index in [1.54, 1.807) is 11.8 Å². The van der Waals surface area contributed by atoms with Crippen LogP contribution in [0, 0.1) is 0 Å². The fourth-order valence-corrected chi connectivity index (χ4v) is 1.50. The van der Waals surface area contributed by atoms with Gasteiger partial charge in [0.25, 0.3) is 0 Å². The summed E-state index contributed by atoms with van der Waals surface area (Å²) in [5, 5.41) is 5.06. The van der Waals surface area contributed by atoms with Gasteiger partial charge in [-0.3, -0.25) is 0 Å². The molecule has 0 aromatic heterocycles. The molecule has 0 aliphatic carbocycles. The Morgan fingerprint density at radius 3 is 3.10 bits per heavy atom. The second kappa shape index (κ2) is 4.61. The molecule has 1 aliphatic rings. The van der Waals surface area contributed by atoms with Crippen molar-refractivity contribution in [3.8, 4) is 0 Å². The number of nitrogens with zero attached hydrogens (tertiary/aromatic N) is 1. The van der Waals surface area contributed by atoms with Crippen LogP contribution in [0.5, 0.6) is 0 Å². The van der Waals surface area contributed by atoms with Crippen LogP contribution in [0.4, 0.5) is 0 Å². The van der Waals surface area contributed by atoms with Gasteiger partial charge in [-0.1, -0.05) is 36.7 Å². The molecule has 0 spiro atoms. The van der Waals surface area contributed by atoms with Crippen LogP contribution in [0.3, 0.4) is 0 Å². The molecule has 3 heteroatoms. The monoisotopic (exact) mass is 159 g/mol. The minimum absolute atomic E-state index is 0.724. The first kappa shape index (κ1) is 7.92. The molecule has 0 amide bonds. The highest BCUT2D eigenvalue weighted by atomic mass is 32.2. The molecule has 2 nitrogen and oxygen atoms in total. The van der Waals surface area contributed by atoms with Crippen molar-refractivity contribution in [2.24, 2.45) is 5.16 Å². The van der Waals surface area contributed by atoms with E-state index in [-0.39, 0.29) is 0 Å². The lowest BCUT2D eigenvalue weighted by Gasteiger charge is -1.93. The topological polar surface area (TPSA) is 21.6 Å². The minimum atomic E-state index is 0.724. The zero-order valence-electron chi connectivity index (χ0n) is 6.30. The lowest BCUT2D eigenvalue weighted by Crippen LogP contribution is -1.86. The highest BCUT2D eigenvalue weighted by Crippen LogP contribution is 2.17. The molecule has 1 rings (SSSR count). The second-order valence-electron chi connectivity index (χ2n) is 2.33. The van der Waals surface area contributed by atoms with E-state index < -0.39 is 0 Å². The summed E-state index contributed by atoms with van der Waals surface area (Å²) in [5.41, 5.74) is 0. The van der Waals surface area contributed by atoms with Gasteiger partial charge in [-0.2, -0.15) is 0 Å². The molecular weight excluding hydrogens is 146 g/mol. The first-order chi connectivity index (χ1) is 4.93. The molecule has 58 valence electrons. The molecule has 1 heterocycles. The van der Waals surface area contributed by atoms with Crippen LogP contribution >= 0.6 is 11.8 Å². The Morgan fingerprint density at radius 2 is 2.50 bits per heavy atom. The number of unbranched alkanes of at least 4 members (excludes halogenated alkanes) is 2. The summed E-state index contributed by atoms with van der Waals surface area (Å²) in [5.74, 6) is 0.724. The fraction of sp³-hybridized carbons (Fsp3) is 0.857. The third-order valence-electron chi connectivity index (χ3n) is 1.44. The van der Waals surface area contributed by atoms with Crippen LogP contribution in [0.15, 0.2) is 5.16 Å². The zero-order valence-corrected chi connectivity index (χ0v) is 7.12. The van der Waals surface area contributed by atoms with E-state index in [9.17, 15) is 0 Å². The van der Waals surface area contributed by atoms with Crippen LogP contribution in [0.2, 0.25) is 0 Å².